The minimum atomic E-state index is 0.194. The third-order valence-corrected chi connectivity index (χ3v) is 3.34. The monoisotopic (exact) mass is 249 g/mol. The van der Waals surface area contributed by atoms with Gasteiger partial charge in [0.25, 0.3) is 0 Å². The van der Waals surface area contributed by atoms with Crippen LogP contribution in [0.5, 0.6) is 5.75 Å². The summed E-state index contributed by atoms with van der Waals surface area (Å²) < 4.78 is 5.99. The molecule has 0 fully saturated rings. The lowest BCUT2D eigenvalue weighted by Crippen LogP contribution is -2.40. The summed E-state index contributed by atoms with van der Waals surface area (Å²) >= 11 is 0. The maximum absolute atomic E-state index is 5.99. The van der Waals surface area contributed by atoms with Crippen LogP contribution in [0, 0.1) is 0 Å². The summed E-state index contributed by atoms with van der Waals surface area (Å²) in [5.41, 5.74) is 1.36. The first kappa shape index (κ1) is 15.0. The van der Waals surface area contributed by atoms with E-state index in [1.165, 1.54) is 5.56 Å². The molecule has 0 bridgehead atoms. The molecule has 1 N–H and O–H groups in total. The van der Waals surface area contributed by atoms with Gasteiger partial charge in [0.05, 0.1) is 0 Å². The van der Waals surface area contributed by atoms with E-state index in [1.54, 1.807) is 0 Å². The molecular formula is C16H27NO. The molecule has 2 heteroatoms. The number of ether oxygens (including phenoxy) is 1. The van der Waals surface area contributed by atoms with Gasteiger partial charge in [-0.3, -0.25) is 0 Å². The van der Waals surface area contributed by atoms with Crippen LogP contribution in [-0.4, -0.2) is 18.7 Å². The minimum Gasteiger partial charge on any atom is -0.489 e. The standard InChI is InChI=1S/C16H27NO/c1-6-16(17-7-2)13(5)18-15-10-8-14(9-11-15)12(3)4/h8-13,16-17H,6-7H2,1-5H3. The second kappa shape index (κ2) is 7.42. The molecule has 1 aromatic rings. The highest BCUT2D eigenvalue weighted by atomic mass is 16.5. The van der Waals surface area contributed by atoms with E-state index < -0.39 is 0 Å². The lowest BCUT2D eigenvalue weighted by molar-refractivity contribution is 0.168. The van der Waals surface area contributed by atoms with Crippen molar-refractivity contribution in [1.29, 1.82) is 0 Å². The van der Waals surface area contributed by atoms with Crippen LogP contribution in [0.25, 0.3) is 0 Å². The molecule has 18 heavy (non-hydrogen) atoms. The second-order valence-corrected chi connectivity index (χ2v) is 5.12. The van der Waals surface area contributed by atoms with Gasteiger partial charge in [-0.05, 0) is 43.5 Å². The van der Waals surface area contributed by atoms with E-state index in [0.29, 0.717) is 12.0 Å². The Balaban J connectivity index is 2.60. The van der Waals surface area contributed by atoms with Crippen LogP contribution in [-0.2, 0) is 0 Å². The Labute approximate surface area is 112 Å². The van der Waals surface area contributed by atoms with Crippen LogP contribution in [0.4, 0.5) is 0 Å². The van der Waals surface area contributed by atoms with Crippen molar-refractivity contribution < 1.29 is 4.74 Å². The predicted octanol–water partition coefficient (Wildman–Crippen LogP) is 3.97. The molecule has 102 valence electrons. The molecule has 0 aliphatic rings. The summed E-state index contributed by atoms with van der Waals surface area (Å²) in [5, 5.41) is 3.46. The number of hydrogen-bond acceptors (Lipinski definition) is 2. The third-order valence-electron chi connectivity index (χ3n) is 3.34. The molecule has 2 atom stereocenters. The van der Waals surface area contributed by atoms with Gasteiger partial charge in [0, 0.05) is 6.04 Å². The number of hydrogen-bond donors (Lipinski definition) is 1. The largest absolute Gasteiger partial charge is 0.489 e. The van der Waals surface area contributed by atoms with Crippen LogP contribution in [0.3, 0.4) is 0 Å². The molecule has 0 amide bonds. The van der Waals surface area contributed by atoms with Gasteiger partial charge in [0.15, 0.2) is 0 Å². The van der Waals surface area contributed by atoms with Crippen molar-refractivity contribution in [1.82, 2.24) is 5.32 Å². The molecular weight excluding hydrogens is 222 g/mol. The fraction of sp³-hybridized carbons (Fsp3) is 0.625. The van der Waals surface area contributed by atoms with Crippen molar-refractivity contribution in [3.63, 3.8) is 0 Å². The minimum absolute atomic E-state index is 0.194. The smallest absolute Gasteiger partial charge is 0.119 e. The number of rotatable bonds is 7. The van der Waals surface area contributed by atoms with E-state index in [2.05, 4.69) is 64.2 Å². The van der Waals surface area contributed by atoms with Gasteiger partial charge in [-0.2, -0.15) is 0 Å². The summed E-state index contributed by atoms with van der Waals surface area (Å²) in [7, 11) is 0. The molecule has 0 aliphatic heterocycles. The van der Waals surface area contributed by atoms with Gasteiger partial charge in [-0.15, -0.1) is 0 Å². The summed E-state index contributed by atoms with van der Waals surface area (Å²) in [6.07, 6.45) is 1.28. The Morgan fingerprint density at radius 3 is 2.11 bits per heavy atom. The molecule has 1 rings (SSSR count). The first-order chi connectivity index (χ1) is 8.58. The molecule has 2 nitrogen and oxygen atoms in total. The molecule has 2 unspecified atom stereocenters. The fourth-order valence-electron chi connectivity index (χ4n) is 2.13. The molecule has 0 saturated carbocycles. The SMILES string of the molecule is CCNC(CC)C(C)Oc1ccc(C(C)C)cc1. The van der Waals surface area contributed by atoms with Crippen molar-refractivity contribution in [2.45, 2.75) is 59.1 Å². The molecule has 0 spiro atoms. The van der Waals surface area contributed by atoms with Gasteiger partial charge in [-0.25, -0.2) is 0 Å². The van der Waals surface area contributed by atoms with Gasteiger partial charge >= 0.3 is 0 Å². The van der Waals surface area contributed by atoms with Crippen LogP contribution >= 0.6 is 0 Å². The maximum Gasteiger partial charge on any atom is 0.119 e. The van der Waals surface area contributed by atoms with Gasteiger partial charge in [0.2, 0.25) is 0 Å². The van der Waals surface area contributed by atoms with Crippen molar-refractivity contribution in [3.05, 3.63) is 29.8 Å². The highest BCUT2D eigenvalue weighted by molar-refractivity contribution is 5.29. The second-order valence-electron chi connectivity index (χ2n) is 5.12. The number of benzene rings is 1. The summed E-state index contributed by atoms with van der Waals surface area (Å²) in [6.45, 7) is 11.8. The summed E-state index contributed by atoms with van der Waals surface area (Å²) in [6, 6.07) is 8.87. The number of likely N-dealkylation sites (N-methyl/N-ethyl adjacent to an activating group) is 1. The van der Waals surface area contributed by atoms with Crippen LogP contribution < -0.4 is 10.1 Å². The van der Waals surface area contributed by atoms with E-state index in [4.69, 9.17) is 4.74 Å². The summed E-state index contributed by atoms with van der Waals surface area (Å²) in [5.74, 6) is 1.53. The number of nitrogens with one attached hydrogen (secondary N) is 1. The quantitative estimate of drug-likeness (QED) is 0.789. The van der Waals surface area contributed by atoms with E-state index >= 15 is 0 Å². The first-order valence-electron chi connectivity index (χ1n) is 7.08. The molecule has 0 aliphatic carbocycles. The maximum atomic E-state index is 5.99. The Kier molecular flexibility index (Phi) is 6.20. The average Bonchev–Trinajstić information content (AvgIpc) is 2.36. The highest BCUT2D eigenvalue weighted by Crippen LogP contribution is 2.20. The first-order valence-corrected chi connectivity index (χ1v) is 7.08. The van der Waals surface area contributed by atoms with Crippen molar-refractivity contribution in [3.8, 4) is 5.75 Å². The molecule has 0 saturated heterocycles. The normalized spacial score (nSPS) is 14.6. The Morgan fingerprint density at radius 1 is 1.06 bits per heavy atom. The van der Waals surface area contributed by atoms with Crippen molar-refractivity contribution in [2.75, 3.05) is 6.54 Å². The van der Waals surface area contributed by atoms with E-state index in [0.717, 1.165) is 18.7 Å². The van der Waals surface area contributed by atoms with E-state index in [9.17, 15) is 0 Å². The summed E-state index contributed by atoms with van der Waals surface area (Å²) in [4.78, 5) is 0. The van der Waals surface area contributed by atoms with E-state index in [-0.39, 0.29) is 6.10 Å². The zero-order valence-electron chi connectivity index (χ0n) is 12.4. The highest BCUT2D eigenvalue weighted by Gasteiger charge is 2.15. The predicted molar refractivity (Wildman–Crippen MR) is 78.4 cm³/mol. The Morgan fingerprint density at radius 2 is 1.67 bits per heavy atom. The zero-order chi connectivity index (χ0) is 13.5. The molecule has 0 aromatic heterocycles. The Hall–Kier alpha value is -1.02. The Bertz CT molecular complexity index is 331. The molecule has 1 aromatic carbocycles. The van der Waals surface area contributed by atoms with Crippen LogP contribution in [0.15, 0.2) is 24.3 Å². The third kappa shape index (κ3) is 4.34. The van der Waals surface area contributed by atoms with Crippen LogP contribution in [0.1, 0.15) is 52.5 Å². The van der Waals surface area contributed by atoms with Gasteiger partial charge < -0.3 is 10.1 Å². The van der Waals surface area contributed by atoms with Gasteiger partial charge in [0.1, 0.15) is 11.9 Å². The van der Waals surface area contributed by atoms with Crippen molar-refractivity contribution >= 4 is 0 Å². The van der Waals surface area contributed by atoms with Crippen molar-refractivity contribution in [2.24, 2.45) is 0 Å². The van der Waals surface area contributed by atoms with Gasteiger partial charge in [-0.1, -0.05) is 39.8 Å². The lowest BCUT2D eigenvalue weighted by atomic mass is 10.0. The topological polar surface area (TPSA) is 21.3 Å². The average molecular weight is 249 g/mol. The zero-order valence-corrected chi connectivity index (χ0v) is 12.4. The molecule has 0 heterocycles. The van der Waals surface area contributed by atoms with Crippen LogP contribution in [0.2, 0.25) is 0 Å². The van der Waals surface area contributed by atoms with E-state index in [1.807, 2.05) is 0 Å². The molecule has 0 radical (unpaired) electrons. The fourth-order valence-corrected chi connectivity index (χ4v) is 2.13. The lowest BCUT2D eigenvalue weighted by Gasteiger charge is -2.24.